The van der Waals surface area contributed by atoms with Crippen LogP contribution in [0.5, 0.6) is 5.75 Å². The van der Waals surface area contributed by atoms with Gasteiger partial charge in [-0.1, -0.05) is 6.07 Å². The number of hydrogen-bond donors (Lipinski definition) is 1. The second-order valence-corrected chi connectivity index (χ2v) is 4.86. The van der Waals surface area contributed by atoms with Gasteiger partial charge in [0.05, 0.1) is 37.3 Å². The van der Waals surface area contributed by atoms with E-state index in [2.05, 4.69) is 10.1 Å². The lowest BCUT2D eigenvalue weighted by molar-refractivity contribution is -0.116. The number of benzene rings is 2. The van der Waals surface area contributed by atoms with Gasteiger partial charge in [0.15, 0.2) is 0 Å². The third-order valence-electron chi connectivity index (χ3n) is 3.15. The van der Waals surface area contributed by atoms with Gasteiger partial charge in [-0.2, -0.15) is 5.26 Å². The predicted octanol–water partition coefficient (Wildman–Crippen LogP) is 2.75. The first-order valence-electron chi connectivity index (χ1n) is 7.23. The molecular formula is C18H16N2O4. The quantitative estimate of drug-likeness (QED) is 0.825. The average Bonchev–Trinajstić information content (AvgIpc) is 2.62. The number of ether oxygens (including phenoxy) is 2. The average molecular weight is 324 g/mol. The molecule has 1 N–H and O–H groups in total. The van der Waals surface area contributed by atoms with Gasteiger partial charge in [-0.25, -0.2) is 4.79 Å². The summed E-state index contributed by atoms with van der Waals surface area (Å²) in [6.07, 6.45) is 0.155. The van der Waals surface area contributed by atoms with E-state index in [1.807, 2.05) is 6.07 Å². The van der Waals surface area contributed by atoms with Crippen molar-refractivity contribution in [1.82, 2.24) is 0 Å². The van der Waals surface area contributed by atoms with E-state index in [1.165, 1.54) is 7.11 Å². The number of anilines is 1. The summed E-state index contributed by atoms with van der Waals surface area (Å²) in [7, 11) is 1.31. The van der Waals surface area contributed by atoms with E-state index < -0.39 is 5.97 Å². The summed E-state index contributed by atoms with van der Waals surface area (Å²) in [6.45, 7) is 0.173. The molecule has 0 saturated heterocycles. The molecule has 0 aliphatic rings. The number of carbonyl (C=O) groups is 2. The van der Waals surface area contributed by atoms with E-state index in [0.29, 0.717) is 22.6 Å². The number of nitriles is 1. The zero-order valence-electron chi connectivity index (χ0n) is 13.1. The zero-order chi connectivity index (χ0) is 17.4. The molecule has 0 bridgehead atoms. The monoisotopic (exact) mass is 324 g/mol. The fourth-order valence-electron chi connectivity index (χ4n) is 1.94. The zero-order valence-corrected chi connectivity index (χ0v) is 13.1. The van der Waals surface area contributed by atoms with Crippen molar-refractivity contribution in [2.24, 2.45) is 0 Å². The van der Waals surface area contributed by atoms with E-state index in [-0.39, 0.29) is 18.9 Å². The van der Waals surface area contributed by atoms with Gasteiger partial charge < -0.3 is 14.8 Å². The molecular weight excluding hydrogens is 308 g/mol. The lowest BCUT2D eigenvalue weighted by Gasteiger charge is -2.08. The van der Waals surface area contributed by atoms with Crippen LogP contribution in [0.4, 0.5) is 5.69 Å². The van der Waals surface area contributed by atoms with Crippen LogP contribution in [0.1, 0.15) is 22.3 Å². The molecule has 0 aromatic heterocycles. The molecule has 0 saturated carbocycles. The predicted molar refractivity (Wildman–Crippen MR) is 87.7 cm³/mol. The number of nitrogens with one attached hydrogen (secondary N) is 1. The Balaban J connectivity index is 1.82. The van der Waals surface area contributed by atoms with Crippen LogP contribution in [0, 0.1) is 11.3 Å². The highest BCUT2D eigenvalue weighted by atomic mass is 16.5. The van der Waals surface area contributed by atoms with Crippen LogP contribution in [0.2, 0.25) is 0 Å². The Hall–Kier alpha value is -3.33. The molecule has 24 heavy (non-hydrogen) atoms. The lowest BCUT2D eigenvalue weighted by Crippen LogP contribution is -2.15. The van der Waals surface area contributed by atoms with E-state index in [4.69, 9.17) is 10.00 Å². The highest BCUT2D eigenvalue weighted by Gasteiger charge is 2.07. The molecule has 0 fully saturated rings. The summed E-state index contributed by atoms with van der Waals surface area (Å²) in [5.41, 5.74) is 1.53. The Kier molecular flexibility index (Phi) is 5.92. The second-order valence-electron chi connectivity index (χ2n) is 4.86. The van der Waals surface area contributed by atoms with Gasteiger partial charge in [0.1, 0.15) is 5.75 Å². The molecule has 0 radical (unpaired) electrons. The Morgan fingerprint density at radius 3 is 2.58 bits per heavy atom. The molecule has 0 unspecified atom stereocenters. The Labute approximate surface area is 139 Å². The van der Waals surface area contributed by atoms with Crippen molar-refractivity contribution in [2.45, 2.75) is 6.42 Å². The number of rotatable bonds is 6. The summed E-state index contributed by atoms with van der Waals surface area (Å²) < 4.78 is 10.1. The Bertz CT molecular complexity index is 763. The van der Waals surface area contributed by atoms with Crippen molar-refractivity contribution < 1.29 is 19.1 Å². The van der Waals surface area contributed by atoms with E-state index in [9.17, 15) is 9.59 Å². The van der Waals surface area contributed by atoms with E-state index >= 15 is 0 Å². The van der Waals surface area contributed by atoms with Gasteiger partial charge >= 0.3 is 5.97 Å². The molecule has 0 spiro atoms. The fourth-order valence-corrected chi connectivity index (χ4v) is 1.94. The third kappa shape index (κ3) is 4.85. The number of esters is 1. The molecule has 122 valence electrons. The van der Waals surface area contributed by atoms with Crippen molar-refractivity contribution in [2.75, 3.05) is 19.0 Å². The molecule has 2 aromatic carbocycles. The molecule has 2 aromatic rings. The van der Waals surface area contributed by atoms with Crippen LogP contribution in [0.25, 0.3) is 0 Å². The highest BCUT2D eigenvalue weighted by molar-refractivity contribution is 5.91. The van der Waals surface area contributed by atoms with Crippen molar-refractivity contribution in [1.29, 1.82) is 5.26 Å². The maximum Gasteiger partial charge on any atom is 0.337 e. The second kappa shape index (κ2) is 8.34. The summed E-state index contributed by atoms with van der Waals surface area (Å²) in [6, 6.07) is 15.2. The maximum absolute atomic E-state index is 11.8. The molecule has 0 aliphatic carbocycles. The van der Waals surface area contributed by atoms with Crippen LogP contribution in [-0.2, 0) is 9.53 Å². The molecule has 6 heteroatoms. The molecule has 2 rings (SSSR count). The van der Waals surface area contributed by atoms with Gasteiger partial charge in [0.25, 0.3) is 0 Å². The van der Waals surface area contributed by atoms with Crippen molar-refractivity contribution >= 4 is 17.6 Å². The number of methoxy groups -OCH3 is 1. The Morgan fingerprint density at radius 2 is 1.92 bits per heavy atom. The first kappa shape index (κ1) is 17.0. The summed E-state index contributed by atoms with van der Waals surface area (Å²) in [5.74, 6) is -0.160. The highest BCUT2D eigenvalue weighted by Crippen LogP contribution is 2.14. The third-order valence-corrected chi connectivity index (χ3v) is 3.15. The number of nitrogens with zero attached hydrogens (tertiary/aromatic N) is 1. The van der Waals surface area contributed by atoms with Crippen molar-refractivity contribution in [3.05, 3.63) is 59.7 Å². The number of carbonyl (C=O) groups excluding carboxylic acids is 2. The Morgan fingerprint density at radius 1 is 1.17 bits per heavy atom. The van der Waals surface area contributed by atoms with Gasteiger partial charge in [0.2, 0.25) is 5.91 Å². The minimum absolute atomic E-state index is 0.155. The fraction of sp³-hybridized carbons (Fsp3) is 0.167. The minimum Gasteiger partial charge on any atom is -0.493 e. The van der Waals surface area contributed by atoms with Crippen LogP contribution >= 0.6 is 0 Å². The SMILES string of the molecule is COC(=O)c1cccc(OCCC(=O)Nc2ccc(C#N)cc2)c1. The normalized spacial score (nSPS) is 9.67. The van der Waals surface area contributed by atoms with E-state index in [1.54, 1.807) is 48.5 Å². The van der Waals surface area contributed by atoms with Crippen LogP contribution in [-0.4, -0.2) is 25.6 Å². The molecule has 0 aliphatic heterocycles. The summed E-state index contributed by atoms with van der Waals surface area (Å²) >= 11 is 0. The van der Waals surface area contributed by atoms with Gasteiger partial charge in [0, 0.05) is 5.69 Å². The number of hydrogen-bond acceptors (Lipinski definition) is 5. The van der Waals surface area contributed by atoms with Crippen LogP contribution < -0.4 is 10.1 Å². The largest absolute Gasteiger partial charge is 0.493 e. The van der Waals surface area contributed by atoms with Crippen LogP contribution in [0.3, 0.4) is 0 Å². The van der Waals surface area contributed by atoms with Gasteiger partial charge in [-0.05, 0) is 42.5 Å². The minimum atomic E-state index is -0.445. The van der Waals surface area contributed by atoms with Gasteiger partial charge in [-0.3, -0.25) is 4.79 Å². The first-order chi connectivity index (χ1) is 11.6. The topological polar surface area (TPSA) is 88.4 Å². The standard InChI is InChI=1S/C18H16N2O4/c1-23-18(22)14-3-2-4-16(11-14)24-10-9-17(21)20-15-7-5-13(12-19)6-8-15/h2-8,11H,9-10H2,1H3,(H,20,21). The molecule has 1 amide bonds. The molecule has 0 heterocycles. The molecule has 0 atom stereocenters. The first-order valence-corrected chi connectivity index (χ1v) is 7.23. The van der Waals surface area contributed by atoms with Crippen molar-refractivity contribution in [3.8, 4) is 11.8 Å². The lowest BCUT2D eigenvalue weighted by atomic mass is 10.2. The summed E-state index contributed by atoms with van der Waals surface area (Å²) in [5, 5.41) is 11.4. The smallest absolute Gasteiger partial charge is 0.337 e. The summed E-state index contributed by atoms with van der Waals surface area (Å²) in [4.78, 5) is 23.3. The molecule has 6 nitrogen and oxygen atoms in total. The number of amides is 1. The van der Waals surface area contributed by atoms with Crippen molar-refractivity contribution in [3.63, 3.8) is 0 Å². The van der Waals surface area contributed by atoms with Gasteiger partial charge in [-0.15, -0.1) is 0 Å². The van der Waals surface area contributed by atoms with Crippen LogP contribution in [0.15, 0.2) is 48.5 Å². The maximum atomic E-state index is 11.8. The van der Waals surface area contributed by atoms with E-state index in [0.717, 1.165) is 0 Å².